The molecule has 164 valence electrons. The largest absolute Gasteiger partial charge is 0.457 e. The Morgan fingerprint density at radius 1 is 0.636 bits per heavy atom. The second-order valence-corrected chi connectivity index (χ2v) is 8.79. The van der Waals surface area contributed by atoms with E-state index in [1.54, 1.807) is 83.4 Å². The third kappa shape index (κ3) is 7.03. The van der Waals surface area contributed by atoms with E-state index in [1.165, 1.54) is 12.2 Å². The molecule has 0 aliphatic rings. The fraction of sp³-hybridized carbons (Fsp3) is 0. The van der Waals surface area contributed by atoms with Crippen molar-refractivity contribution in [2.75, 3.05) is 10.6 Å². The number of hydrogen-bond donors (Lipinski definition) is 2. The molecule has 0 aliphatic carbocycles. The highest BCUT2D eigenvalue weighted by atomic mass is 32.1. The first-order chi connectivity index (χ1) is 16.1. The first kappa shape index (κ1) is 22.3. The molecule has 2 N–H and O–H groups in total. The maximum absolute atomic E-state index is 12.0. The van der Waals surface area contributed by atoms with Crippen LogP contribution in [0, 0.1) is 0 Å². The molecule has 4 rings (SSSR count). The van der Waals surface area contributed by atoms with Gasteiger partial charge in [0.05, 0.1) is 0 Å². The summed E-state index contributed by atoms with van der Waals surface area (Å²) in [4.78, 5) is 26.1. The first-order valence-corrected chi connectivity index (χ1v) is 11.8. The van der Waals surface area contributed by atoms with Crippen molar-refractivity contribution >= 4 is 58.0 Å². The Hall–Kier alpha value is -3.94. The summed E-state index contributed by atoms with van der Waals surface area (Å²) in [7, 11) is 0. The third-order valence-corrected chi connectivity index (χ3v) is 6.04. The first-order valence-electron chi connectivity index (χ1n) is 10.1. The van der Waals surface area contributed by atoms with Gasteiger partial charge in [-0.05, 0) is 83.6 Å². The van der Waals surface area contributed by atoms with E-state index in [0.29, 0.717) is 22.9 Å². The number of carbonyl (C=O) groups is 2. The van der Waals surface area contributed by atoms with Gasteiger partial charge in [-0.2, -0.15) is 0 Å². The van der Waals surface area contributed by atoms with E-state index in [2.05, 4.69) is 10.6 Å². The molecule has 2 heterocycles. The molecule has 2 amide bonds. The van der Waals surface area contributed by atoms with Crippen LogP contribution in [0.4, 0.5) is 11.4 Å². The monoisotopic (exact) mass is 472 g/mol. The lowest BCUT2D eigenvalue weighted by Crippen LogP contribution is -2.07. The van der Waals surface area contributed by atoms with Crippen LogP contribution in [0.3, 0.4) is 0 Å². The zero-order chi connectivity index (χ0) is 22.9. The molecule has 5 nitrogen and oxygen atoms in total. The molecule has 33 heavy (non-hydrogen) atoms. The van der Waals surface area contributed by atoms with Crippen molar-refractivity contribution in [2.24, 2.45) is 0 Å². The zero-order valence-corrected chi connectivity index (χ0v) is 19.1. The maximum atomic E-state index is 12.0. The summed E-state index contributed by atoms with van der Waals surface area (Å²) >= 11 is 3.15. The summed E-state index contributed by atoms with van der Waals surface area (Å²) in [5.74, 6) is 0.885. The van der Waals surface area contributed by atoms with E-state index in [9.17, 15) is 9.59 Å². The lowest BCUT2D eigenvalue weighted by atomic mass is 10.2. The molecule has 2 aromatic carbocycles. The number of amides is 2. The molecule has 7 heteroatoms. The molecule has 0 saturated carbocycles. The van der Waals surface area contributed by atoms with E-state index < -0.39 is 0 Å². The fourth-order valence-electron chi connectivity index (χ4n) is 2.80. The number of hydrogen-bond acceptors (Lipinski definition) is 5. The average molecular weight is 473 g/mol. The van der Waals surface area contributed by atoms with Crippen LogP contribution >= 0.6 is 22.7 Å². The van der Waals surface area contributed by atoms with Gasteiger partial charge in [0.2, 0.25) is 11.8 Å². The zero-order valence-electron chi connectivity index (χ0n) is 17.4. The highest BCUT2D eigenvalue weighted by molar-refractivity contribution is 7.11. The number of carbonyl (C=O) groups excluding carboxylic acids is 2. The van der Waals surface area contributed by atoms with Gasteiger partial charge in [0.25, 0.3) is 0 Å². The van der Waals surface area contributed by atoms with Gasteiger partial charge < -0.3 is 15.4 Å². The van der Waals surface area contributed by atoms with Crippen molar-refractivity contribution in [1.29, 1.82) is 0 Å². The molecule has 0 atom stereocenters. The molecular weight excluding hydrogens is 452 g/mol. The quantitative estimate of drug-likeness (QED) is 0.274. The Morgan fingerprint density at radius 2 is 1.06 bits per heavy atom. The number of rotatable bonds is 8. The predicted molar refractivity (Wildman–Crippen MR) is 137 cm³/mol. The minimum Gasteiger partial charge on any atom is -0.457 e. The molecule has 0 spiro atoms. The van der Waals surface area contributed by atoms with E-state index in [0.717, 1.165) is 9.75 Å². The molecule has 2 aromatic heterocycles. The number of thiophene rings is 2. The van der Waals surface area contributed by atoms with Gasteiger partial charge in [0.1, 0.15) is 11.5 Å². The van der Waals surface area contributed by atoms with Crippen molar-refractivity contribution in [3.05, 3.63) is 105 Å². The Balaban J connectivity index is 1.27. The maximum Gasteiger partial charge on any atom is 0.248 e. The van der Waals surface area contributed by atoms with Crippen LogP contribution in [0.5, 0.6) is 11.5 Å². The second-order valence-electron chi connectivity index (χ2n) is 6.83. The molecule has 4 aromatic rings. The van der Waals surface area contributed by atoms with Crippen LogP contribution in [0.1, 0.15) is 9.75 Å². The molecule has 0 fully saturated rings. The van der Waals surface area contributed by atoms with E-state index in [4.69, 9.17) is 4.74 Å². The Kier molecular flexibility index (Phi) is 7.48. The van der Waals surface area contributed by atoms with E-state index in [1.807, 2.05) is 35.0 Å². The third-order valence-electron chi connectivity index (χ3n) is 4.36. The van der Waals surface area contributed by atoms with Gasteiger partial charge in [-0.15, -0.1) is 22.7 Å². The summed E-state index contributed by atoms with van der Waals surface area (Å²) in [6, 6.07) is 22.0. The average Bonchev–Trinajstić information content (AvgIpc) is 3.53. The number of nitrogens with one attached hydrogen (secondary N) is 2. The second kappa shape index (κ2) is 11.1. The summed E-state index contributed by atoms with van der Waals surface area (Å²) in [6.45, 7) is 0. The van der Waals surface area contributed by atoms with Crippen molar-refractivity contribution in [2.45, 2.75) is 0 Å². The lowest BCUT2D eigenvalue weighted by Gasteiger charge is -2.08. The molecule has 0 radical (unpaired) electrons. The Morgan fingerprint density at radius 3 is 1.42 bits per heavy atom. The van der Waals surface area contributed by atoms with Gasteiger partial charge in [-0.25, -0.2) is 0 Å². The number of ether oxygens (including phenoxy) is 1. The van der Waals surface area contributed by atoms with Crippen molar-refractivity contribution < 1.29 is 14.3 Å². The normalized spacial score (nSPS) is 11.0. The van der Waals surface area contributed by atoms with Crippen LogP contribution in [0.25, 0.3) is 12.2 Å². The highest BCUT2D eigenvalue weighted by Crippen LogP contribution is 2.24. The van der Waals surface area contributed by atoms with Gasteiger partial charge in [-0.1, -0.05) is 12.1 Å². The van der Waals surface area contributed by atoms with Gasteiger partial charge >= 0.3 is 0 Å². The van der Waals surface area contributed by atoms with Crippen LogP contribution in [0.15, 0.2) is 95.7 Å². The number of anilines is 2. The molecule has 0 aliphatic heterocycles. The summed E-state index contributed by atoms with van der Waals surface area (Å²) in [5, 5.41) is 9.56. The van der Waals surface area contributed by atoms with Crippen molar-refractivity contribution in [3.8, 4) is 11.5 Å². The van der Waals surface area contributed by atoms with Gasteiger partial charge in [0.15, 0.2) is 0 Å². The van der Waals surface area contributed by atoms with E-state index in [-0.39, 0.29) is 11.8 Å². The van der Waals surface area contributed by atoms with Crippen molar-refractivity contribution in [1.82, 2.24) is 0 Å². The fourth-order valence-corrected chi connectivity index (χ4v) is 4.04. The van der Waals surface area contributed by atoms with Gasteiger partial charge in [0, 0.05) is 33.3 Å². The summed E-state index contributed by atoms with van der Waals surface area (Å²) in [6.07, 6.45) is 6.58. The lowest BCUT2D eigenvalue weighted by molar-refractivity contribution is -0.112. The SMILES string of the molecule is O=C(C=Cc1cccs1)Nc1ccc(Oc2ccc(NC(=O)C=Cc3cccs3)cc2)cc1. The minimum absolute atomic E-state index is 0.195. The molecule has 0 saturated heterocycles. The summed E-state index contributed by atoms with van der Waals surface area (Å²) < 4.78 is 5.84. The van der Waals surface area contributed by atoms with Crippen molar-refractivity contribution in [3.63, 3.8) is 0 Å². The highest BCUT2D eigenvalue weighted by Gasteiger charge is 2.03. The Bertz CT molecular complexity index is 1140. The topological polar surface area (TPSA) is 67.4 Å². The molecule has 0 unspecified atom stereocenters. The Labute approximate surface area is 199 Å². The molecular formula is C26H20N2O3S2. The summed E-state index contributed by atoms with van der Waals surface area (Å²) in [5.41, 5.74) is 1.36. The van der Waals surface area contributed by atoms with Crippen LogP contribution in [0.2, 0.25) is 0 Å². The molecule has 0 bridgehead atoms. The minimum atomic E-state index is -0.195. The van der Waals surface area contributed by atoms with E-state index >= 15 is 0 Å². The van der Waals surface area contributed by atoms with Crippen LogP contribution in [-0.4, -0.2) is 11.8 Å². The van der Waals surface area contributed by atoms with Gasteiger partial charge in [-0.3, -0.25) is 9.59 Å². The smallest absolute Gasteiger partial charge is 0.248 e. The standard InChI is InChI=1S/C26H20N2O3S2/c29-25(15-13-23-3-1-17-32-23)27-19-5-9-21(10-6-19)31-22-11-7-20(8-12-22)28-26(30)16-14-24-4-2-18-33-24/h1-18H,(H,27,29)(H,28,30). The van der Waals surface area contributed by atoms with Crippen LogP contribution < -0.4 is 15.4 Å². The van der Waals surface area contributed by atoms with Crippen LogP contribution in [-0.2, 0) is 9.59 Å². The number of benzene rings is 2. The predicted octanol–water partition coefficient (Wildman–Crippen LogP) is 6.91.